The fraction of sp³-hybridized carbons (Fsp3) is 0.176. The molecule has 0 unspecified atom stereocenters. The lowest BCUT2D eigenvalue weighted by Crippen LogP contribution is -2.25. The molecule has 0 fully saturated rings. The highest BCUT2D eigenvalue weighted by molar-refractivity contribution is 7.88. The third-order valence-corrected chi connectivity index (χ3v) is 5.19. The molecule has 0 atom stereocenters. The van der Waals surface area contributed by atoms with Gasteiger partial charge in [-0.3, -0.25) is 0 Å². The molecule has 26 heavy (non-hydrogen) atoms. The second-order valence-electron chi connectivity index (χ2n) is 5.42. The van der Waals surface area contributed by atoms with E-state index in [1.165, 1.54) is 0 Å². The van der Waals surface area contributed by atoms with E-state index in [2.05, 4.69) is 14.9 Å². The van der Waals surface area contributed by atoms with Crippen LogP contribution in [0.1, 0.15) is 11.5 Å². The van der Waals surface area contributed by atoms with Crippen molar-refractivity contribution < 1.29 is 17.7 Å². The number of hydrogen-bond acceptors (Lipinski definition) is 6. The van der Waals surface area contributed by atoms with Crippen LogP contribution in [0.3, 0.4) is 0 Å². The molecule has 1 aromatic heterocycles. The average molecular weight is 394 g/mol. The van der Waals surface area contributed by atoms with Gasteiger partial charge in [0.15, 0.2) is 0 Å². The Bertz CT molecular complexity index is 1000. The van der Waals surface area contributed by atoms with Gasteiger partial charge in [-0.25, -0.2) is 13.1 Å². The third-order valence-electron chi connectivity index (χ3n) is 3.54. The Morgan fingerprint density at radius 1 is 1.19 bits per heavy atom. The summed E-state index contributed by atoms with van der Waals surface area (Å²) in [5.41, 5.74) is 1.22. The highest BCUT2D eigenvalue weighted by Gasteiger charge is 2.16. The van der Waals surface area contributed by atoms with Crippen molar-refractivity contribution in [3.05, 3.63) is 65.0 Å². The molecule has 0 aliphatic carbocycles. The fourth-order valence-corrected chi connectivity index (χ4v) is 3.64. The first-order chi connectivity index (χ1) is 12.5. The summed E-state index contributed by atoms with van der Waals surface area (Å²) in [5.74, 6) is 0.938. The standard InChI is InChI=1S/C17H16ClN3O4S/c1-24-14-7-4-6-12(9-14)17-20-16(25-21-17)10-19-26(22,23)11-13-5-2-3-8-15(13)18/h2-9,19H,10-11H2,1H3. The van der Waals surface area contributed by atoms with Crippen LogP contribution < -0.4 is 9.46 Å². The average Bonchev–Trinajstić information content (AvgIpc) is 3.11. The van der Waals surface area contributed by atoms with Crippen LogP contribution in [0.2, 0.25) is 5.02 Å². The first-order valence-electron chi connectivity index (χ1n) is 7.64. The first-order valence-corrected chi connectivity index (χ1v) is 9.67. The number of benzene rings is 2. The van der Waals surface area contributed by atoms with Crippen LogP contribution in [0.15, 0.2) is 53.1 Å². The number of aromatic nitrogens is 2. The predicted molar refractivity (Wildman–Crippen MR) is 97.2 cm³/mol. The maximum absolute atomic E-state index is 12.2. The van der Waals surface area contributed by atoms with E-state index >= 15 is 0 Å². The Balaban J connectivity index is 1.66. The molecule has 0 saturated heterocycles. The maximum Gasteiger partial charge on any atom is 0.242 e. The second-order valence-corrected chi connectivity index (χ2v) is 7.63. The van der Waals surface area contributed by atoms with Crippen LogP contribution in [0.25, 0.3) is 11.4 Å². The molecule has 3 rings (SSSR count). The van der Waals surface area contributed by atoms with Gasteiger partial charge < -0.3 is 9.26 Å². The number of hydrogen-bond donors (Lipinski definition) is 1. The van der Waals surface area contributed by atoms with Gasteiger partial charge in [0.2, 0.25) is 21.7 Å². The van der Waals surface area contributed by atoms with E-state index < -0.39 is 10.0 Å². The normalized spacial score (nSPS) is 11.5. The summed E-state index contributed by atoms with van der Waals surface area (Å²) >= 11 is 6.00. The van der Waals surface area contributed by atoms with Gasteiger partial charge in [0.1, 0.15) is 5.75 Å². The molecule has 9 heteroatoms. The van der Waals surface area contributed by atoms with E-state index in [-0.39, 0.29) is 18.2 Å². The molecule has 1 N–H and O–H groups in total. The van der Waals surface area contributed by atoms with Gasteiger partial charge in [0.25, 0.3) is 0 Å². The minimum atomic E-state index is -3.60. The van der Waals surface area contributed by atoms with Gasteiger partial charge in [0, 0.05) is 10.6 Å². The molecule has 0 radical (unpaired) electrons. The number of methoxy groups -OCH3 is 1. The molecule has 0 amide bonds. The van der Waals surface area contributed by atoms with E-state index in [1.54, 1.807) is 55.6 Å². The van der Waals surface area contributed by atoms with Crippen molar-refractivity contribution in [2.45, 2.75) is 12.3 Å². The molecule has 0 bridgehead atoms. The van der Waals surface area contributed by atoms with Crippen LogP contribution in [0.5, 0.6) is 5.75 Å². The lowest BCUT2D eigenvalue weighted by atomic mass is 10.2. The van der Waals surface area contributed by atoms with Gasteiger partial charge in [-0.15, -0.1) is 0 Å². The molecule has 1 heterocycles. The molecular formula is C17H16ClN3O4S. The summed E-state index contributed by atoms with van der Waals surface area (Å²) in [6.45, 7) is -0.107. The SMILES string of the molecule is COc1cccc(-c2noc(CNS(=O)(=O)Cc3ccccc3Cl)n2)c1. The van der Waals surface area contributed by atoms with Crippen molar-refractivity contribution in [1.82, 2.24) is 14.9 Å². The monoisotopic (exact) mass is 393 g/mol. The molecule has 0 aliphatic rings. The molecule has 7 nitrogen and oxygen atoms in total. The molecule has 3 aromatic rings. The Kier molecular flexibility index (Phi) is 5.55. The Morgan fingerprint density at radius 3 is 2.77 bits per heavy atom. The van der Waals surface area contributed by atoms with Gasteiger partial charge >= 0.3 is 0 Å². The Labute approximate surface area is 156 Å². The number of nitrogens with one attached hydrogen (secondary N) is 1. The topological polar surface area (TPSA) is 94.3 Å². The van der Waals surface area contributed by atoms with Gasteiger partial charge in [0.05, 0.1) is 19.4 Å². The van der Waals surface area contributed by atoms with E-state index in [0.29, 0.717) is 27.7 Å². The number of nitrogens with zero attached hydrogens (tertiary/aromatic N) is 2. The summed E-state index contributed by atoms with van der Waals surface area (Å²) in [6.07, 6.45) is 0. The van der Waals surface area contributed by atoms with Crippen molar-refractivity contribution in [3.63, 3.8) is 0 Å². The third kappa shape index (κ3) is 4.60. The van der Waals surface area contributed by atoms with Crippen molar-refractivity contribution in [3.8, 4) is 17.1 Å². The summed E-state index contributed by atoms with van der Waals surface area (Å²) in [4.78, 5) is 4.20. The molecule has 2 aromatic carbocycles. The molecule has 0 aliphatic heterocycles. The molecular weight excluding hydrogens is 378 g/mol. The van der Waals surface area contributed by atoms with Crippen LogP contribution in [-0.4, -0.2) is 25.7 Å². The second kappa shape index (κ2) is 7.86. The predicted octanol–water partition coefficient (Wildman–Crippen LogP) is 3.02. The van der Waals surface area contributed by atoms with E-state index in [9.17, 15) is 8.42 Å². The quantitative estimate of drug-likeness (QED) is 0.663. The lowest BCUT2D eigenvalue weighted by Gasteiger charge is -2.06. The minimum absolute atomic E-state index is 0.107. The summed E-state index contributed by atoms with van der Waals surface area (Å²) in [7, 11) is -2.04. The van der Waals surface area contributed by atoms with Crippen molar-refractivity contribution in [2.24, 2.45) is 0 Å². The zero-order valence-corrected chi connectivity index (χ0v) is 15.4. The smallest absolute Gasteiger partial charge is 0.242 e. The fourth-order valence-electron chi connectivity index (χ4n) is 2.25. The van der Waals surface area contributed by atoms with Crippen LogP contribution >= 0.6 is 11.6 Å². The summed E-state index contributed by atoms with van der Waals surface area (Å²) in [6, 6.07) is 13.9. The van der Waals surface area contributed by atoms with E-state index in [1.807, 2.05) is 0 Å². The number of rotatable bonds is 7. The number of sulfonamides is 1. The largest absolute Gasteiger partial charge is 0.497 e. The number of ether oxygens (including phenoxy) is 1. The summed E-state index contributed by atoms with van der Waals surface area (Å²) < 4.78 is 37.1. The van der Waals surface area contributed by atoms with Crippen LogP contribution in [0, 0.1) is 0 Å². The van der Waals surface area contributed by atoms with Crippen molar-refractivity contribution >= 4 is 21.6 Å². The summed E-state index contributed by atoms with van der Waals surface area (Å²) in [5, 5.41) is 4.26. The van der Waals surface area contributed by atoms with Crippen LogP contribution in [-0.2, 0) is 22.3 Å². The minimum Gasteiger partial charge on any atom is -0.497 e. The zero-order valence-electron chi connectivity index (χ0n) is 13.8. The van der Waals surface area contributed by atoms with Crippen LogP contribution in [0.4, 0.5) is 0 Å². The van der Waals surface area contributed by atoms with Crippen molar-refractivity contribution in [1.29, 1.82) is 0 Å². The maximum atomic E-state index is 12.2. The molecule has 136 valence electrons. The molecule has 0 saturated carbocycles. The lowest BCUT2D eigenvalue weighted by molar-refractivity contribution is 0.376. The van der Waals surface area contributed by atoms with Gasteiger partial charge in [-0.1, -0.05) is 47.1 Å². The van der Waals surface area contributed by atoms with E-state index in [0.717, 1.165) is 0 Å². The molecule has 0 spiro atoms. The van der Waals surface area contributed by atoms with Gasteiger partial charge in [-0.05, 0) is 23.8 Å². The zero-order chi connectivity index (χ0) is 18.6. The van der Waals surface area contributed by atoms with Gasteiger partial charge in [-0.2, -0.15) is 4.98 Å². The highest BCUT2D eigenvalue weighted by atomic mass is 35.5. The van der Waals surface area contributed by atoms with E-state index in [4.69, 9.17) is 20.9 Å². The van der Waals surface area contributed by atoms with Crippen molar-refractivity contribution in [2.75, 3.05) is 7.11 Å². The number of halogens is 1. The Morgan fingerprint density at radius 2 is 2.00 bits per heavy atom. The Hall–Kier alpha value is -2.42. The first kappa shape index (κ1) is 18.4. The highest BCUT2D eigenvalue weighted by Crippen LogP contribution is 2.21.